The van der Waals surface area contributed by atoms with Gasteiger partial charge in [-0.15, -0.1) is 11.3 Å². The molecule has 0 fully saturated rings. The lowest BCUT2D eigenvalue weighted by Crippen LogP contribution is -1.98. The summed E-state index contributed by atoms with van der Waals surface area (Å²) in [6.45, 7) is 0. The Labute approximate surface area is 629 Å². The zero-order valence-corrected chi connectivity index (χ0v) is 59.7. The number of hydrogen-bond acceptors (Lipinski definition) is 1. The van der Waals surface area contributed by atoms with Crippen molar-refractivity contribution in [2.75, 3.05) is 0 Å². The lowest BCUT2D eigenvalue weighted by atomic mass is 9.96. The monoisotopic (exact) mass is 1400 g/mol. The quantitative estimate of drug-likeness (QED) is 0.138. The average molecular weight is 1400 g/mol. The van der Waals surface area contributed by atoms with Gasteiger partial charge in [0.25, 0.3) is 0 Å². The number of fused-ring (bicyclic) bond motifs is 21. The number of aromatic nitrogens is 6. The third kappa shape index (κ3) is 8.90. The van der Waals surface area contributed by atoms with Crippen LogP contribution in [0.1, 0.15) is 0 Å². The first-order valence-corrected chi connectivity index (χ1v) is 38.3. The highest BCUT2D eigenvalue weighted by atomic mass is 32.1. The normalized spacial score (nSPS) is 12.2. The smallest absolute Gasteiger partial charge is 0.0547 e. The Bertz CT molecular complexity index is 7850. The van der Waals surface area contributed by atoms with Crippen LogP contribution in [0, 0.1) is 0 Å². The van der Waals surface area contributed by atoms with Crippen LogP contribution in [0.25, 0.3) is 219 Å². The summed E-state index contributed by atoms with van der Waals surface area (Å²) in [4.78, 5) is 0. The van der Waals surface area contributed by atoms with Gasteiger partial charge in [-0.1, -0.05) is 212 Å². The van der Waals surface area contributed by atoms with Crippen molar-refractivity contribution in [3.63, 3.8) is 0 Å². The lowest BCUT2D eigenvalue weighted by molar-refractivity contribution is 1.13. The molecule has 109 heavy (non-hydrogen) atoms. The minimum atomic E-state index is 1.08. The van der Waals surface area contributed by atoms with E-state index in [-0.39, 0.29) is 0 Å². The summed E-state index contributed by atoms with van der Waals surface area (Å²) in [6, 6.07) is 140. The maximum atomic E-state index is 2.51. The van der Waals surface area contributed by atoms with E-state index in [1.807, 2.05) is 11.3 Å². The van der Waals surface area contributed by atoms with Crippen molar-refractivity contribution < 1.29 is 0 Å². The van der Waals surface area contributed by atoms with Crippen molar-refractivity contribution in [1.82, 2.24) is 27.4 Å². The molecular formula is C102H62N6S. The SMILES string of the molecule is c1cc(-c2cc(-c3ccc4c5ccccc5n(-c5ccc6sc7ccc(-n8c9ccccc9c9ccccc98)cc7c6c5)c4c3)cc(-n3c4ccccc4c4cc(-c5ccc6c7ccccc7n(-c7cccc(-n8c9ccccc9c9ccccc98)c7)c6c5)ccc43)c2)cc(-n2c3ccccc3c3ccccc32)c1. The molecular weight excluding hydrogens is 1340 g/mol. The van der Waals surface area contributed by atoms with E-state index >= 15 is 0 Å². The predicted molar refractivity (Wildman–Crippen MR) is 462 cm³/mol. The summed E-state index contributed by atoms with van der Waals surface area (Å²) in [6.07, 6.45) is 0. The van der Waals surface area contributed by atoms with Crippen LogP contribution in [0.4, 0.5) is 0 Å². The summed E-state index contributed by atoms with van der Waals surface area (Å²) in [5.41, 5.74) is 27.6. The summed E-state index contributed by atoms with van der Waals surface area (Å²) in [7, 11) is 0. The molecule has 7 heteroatoms. The standard InChI is InChI=1S/C102H62N6S/c1-10-34-89-75(25-1)76-26-2-11-35-90(76)103(89)69-22-19-21-63(54-69)67-53-68(66-44-49-85-82-32-8-17-41-96(82)107(100(85)59-66)73-47-52-102-88(62-73)87-61-72(46-51-101(87)109-102)105-93-38-14-5-29-79(93)80-30-6-15-39-94(80)105)56-74(55-67)108-97-42-18-9-33-83(97)86-57-64(45-50-98(86)108)65-43-48-84-81-31-7-16-40-95(81)106(99(84)58-65)71-24-20-23-70(60-71)104-91-36-12-3-27-77(91)78-28-4-13-37-92(78)104/h1-62H. The van der Waals surface area contributed by atoms with E-state index in [9.17, 15) is 0 Å². The van der Waals surface area contributed by atoms with E-state index in [1.165, 1.54) is 129 Å². The second kappa shape index (κ2) is 23.1. The van der Waals surface area contributed by atoms with Crippen LogP contribution < -0.4 is 0 Å². The second-order valence-electron chi connectivity index (χ2n) is 29.2. The van der Waals surface area contributed by atoms with Crippen molar-refractivity contribution in [3.05, 3.63) is 376 Å². The first-order valence-electron chi connectivity index (χ1n) is 37.4. The fourth-order valence-electron chi connectivity index (χ4n) is 18.6. The van der Waals surface area contributed by atoms with E-state index in [0.717, 1.165) is 89.6 Å². The molecule has 7 heterocycles. The molecule has 0 saturated carbocycles. The molecule has 0 radical (unpaired) electrons. The fourth-order valence-corrected chi connectivity index (χ4v) is 19.7. The van der Waals surface area contributed by atoms with Gasteiger partial charge in [0.05, 0.1) is 66.2 Å². The van der Waals surface area contributed by atoms with Gasteiger partial charge in [0.15, 0.2) is 0 Å². The van der Waals surface area contributed by atoms with Crippen molar-refractivity contribution in [3.8, 4) is 67.5 Å². The molecule has 0 N–H and O–H groups in total. The Balaban J connectivity index is 0.677. The first-order chi connectivity index (χ1) is 54.0. The number of para-hydroxylation sites is 9. The summed E-state index contributed by atoms with van der Waals surface area (Å²) < 4.78 is 17.3. The third-order valence-electron chi connectivity index (χ3n) is 23.3. The van der Waals surface area contributed by atoms with E-state index in [0.29, 0.717) is 0 Å². The maximum absolute atomic E-state index is 2.51. The van der Waals surface area contributed by atoms with Crippen LogP contribution in [-0.2, 0) is 0 Å². The van der Waals surface area contributed by atoms with Crippen LogP contribution in [0.5, 0.6) is 0 Å². The molecule has 7 aromatic heterocycles. The Morgan fingerprint density at radius 2 is 0.394 bits per heavy atom. The molecule has 24 rings (SSSR count). The second-order valence-corrected chi connectivity index (χ2v) is 30.2. The van der Waals surface area contributed by atoms with E-state index < -0.39 is 0 Å². The molecule has 6 nitrogen and oxygen atoms in total. The summed E-state index contributed by atoms with van der Waals surface area (Å²) in [5, 5.41) is 17.3. The highest BCUT2D eigenvalue weighted by Gasteiger charge is 2.23. The Kier molecular flexibility index (Phi) is 12.7. The van der Waals surface area contributed by atoms with Crippen LogP contribution in [0.15, 0.2) is 376 Å². The van der Waals surface area contributed by atoms with Gasteiger partial charge in [-0.3, -0.25) is 0 Å². The number of nitrogens with zero attached hydrogens (tertiary/aromatic N) is 6. The zero-order valence-electron chi connectivity index (χ0n) is 58.9. The topological polar surface area (TPSA) is 29.6 Å². The molecule has 0 bridgehead atoms. The molecule has 0 aliphatic carbocycles. The predicted octanol–water partition coefficient (Wildman–Crippen LogP) is 27.6. The fraction of sp³-hybridized carbons (Fsp3) is 0. The van der Waals surface area contributed by atoms with Gasteiger partial charge < -0.3 is 27.4 Å². The molecule has 17 aromatic carbocycles. The zero-order chi connectivity index (χ0) is 71.1. The van der Waals surface area contributed by atoms with Gasteiger partial charge in [-0.05, 0) is 197 Å². The van der Waals surface area contributed by atoms with Crippen molar-refractivity contribution in [2.24, 2.45) is 0 Å². The maximum Gasteiger partial charge on any atom is 0.0547 e. The third-order valence-corrected chi connectivity index (χ3v) is 24.5. The largest absolute Gasteiger partial charge is 0.309 e. The number of rotatable bonds is 9. The number of hydrogen-bond donors (Lipinski definition) is 0. The first kappa shape index (κ1) is 60.1. The molecule has 506 valence electrons. The Hall–Kier alpha value is -14.2. The van der Waals surface area contributed by atoms with E-state index in [4.69, 9.17) is 0 Å². The van der Waals surface area contributed by atoms with Crippen LogP contribution >= 0.6 is 11.3 Å². The molecule has 0 atom stereocenters. The van der Waals surface area contributed by atoms with Gasteiger partial charge in [0, 0.05) is 119 Å². The molecule has 0 aliphatic rings. The molecule has 24 aromatic rings. The van der Waals surface area contributed by atoms with Gasteiger partial charge in [0.1, 0.15) is 0 Å². The Morgan fingerprint density at radius 1 is 0.128 bits per heavy atom. The molecule has 0 unspecified atom stereocenters. The van der Waals surface area contributed by atoms with Gasteiger partial charge in [-0.2, -0.15) is 0 Å². The molecule has 0 amide bonds. The minimum Gasteiger partial charge on any atom is -0.309 e. The Morgan fingerprint density at radius 3 is 0.789 bits per heavy atom. The van der Waals surface area contributed by atoms with Crippen molar-refractivity contribution in [1.29, 1.82) is 0 Å². The highest BCUT2D eigenvalue weighted by molar-refractivity contribution is 7.25. The summed E-state index contributed by atoms with van der Waals surface area (Å²) in [5.74, 6) is 0. The van der Waals surface area contributed by atoms with Crippen molar-refractivity contribution in [2.45, 2.75) is 0 Å². The van der Waals surface area contributed by atoms with Gasteiger partial charge in [0.2, 0.25) is 0 Å². The van der Waals surface area contributed by atoms with Gasteiger partial charge in [-0.25, -0.2) is 0 Å². The van der Waals surface area contributed by atoms with Crippen LogP contribution in [0.3, 0.4) is 0 Å². The van der Waals surface area contributed by atoms with Crippen LogP contribution in [0.2, 0.25) is 0 Å². The van der Waals surface area contributed by atoms with E-state index in [1.54, 1.807) is 0 Å². The molecule has 0 saturated heterocycles. The lowest BCUT2D eigenvalue weighted by Gasteiger charge is -2.16. The average Bonchev–Trinajstić information content (AvgIpc) is 1.60. The van der Waals surface area contributed by atoms with Crippen LogP contribution in [-0.4, -0.2) is 27.4 Å². The highest BCUT2D eigenvalue weighted by Crippen LogP contribution is 2.46. The molecule has 0 spiro atoms. The summed E-state index contributed by atoms with van der Waals surface area (Å²) >= 11 is 1.87. The van der Waals surface area contributed by atoms with E-state index in [2.05, 4.69) is 404 Å². The number of benzene rings is 17. The minimum absolute atomic E-state index is 1.08. The molecule has 0 aliphatic heterocycles. The number of thiophene rings is 1. The van der Waals surface area contributed by atoms with Gasteiger partial charge >= 0.3 is 0 Å². The van der Waals surface area contributed by atoms with Crippen molar-refractivity contribution >= 4 is 162 Å².